The topological polar surface area (TPSA) is 131 Å². The van der Waals surface area contributed by atoms with Gasteiger partial charge in [0.05, 0.1) is 22.7 Å². The fourth-order valence-corrected chi connectivity index (χ4v) is 2.11. The number of carbonyl (C=O) groups is 2. The zero-order valence-electron chi connectivity index (χ0n) is 14.1. The van der Waals surface area contributed by atoms with Crippen molar-refractivity contribution >= 4 is 23.3 Å². The molecule has 9 nitrogen and oxygen atoms in total. The Hall–Kier alpha value is -3.70. The zero-order valence-corrected chi connectivity index (χ0v) is 14.1. The van der Waals surface area contributed by atoms with E-state index in [9.17, 15) is 37.7 Å². The quantitative estimate of drug-likeness (QED) is 0.451. The van der Waals surface area contributed by atoms with Gasteiger partial charge in [0.15, 0.2) is 0 Å². The SMILES string of the molecule is CCOC(=O)c1cc(C(=O)Nc2cc(C(F)(F)F)c[nH]c2=O)cc([N+](=O)[O-])c1. The third kappa shape index (κ3) is 4.72. The minimum absolute atomic E-state index is 0.0251. The van der Waals surface area contributed by atoms with E-state index in [0.29, 0.717) is 12.3 Å². The molecule has 0 aliphatic rings. The number of aromatic amines is 1. The number of hydrogen-bond acceptors (Lipinski definition) is 6. The first-order valence-corrected chi connectivity index (χ1v) is 7.60. The summed E-state index contributed by atoms with van der Waals surface area (Å²) in [4.78, 5) is 47.8. The predicted octanol–water partition coefficient (Wildman–Crippen LogP) is 2.73. The van der Waals surface area contributed by atoms with Crippen LogP contribution in [0.3, 0.4) is 0 Å². The lowest BCUT2D eigenvalue weighted by Gasteiger charge is -2.10. The summed E-state index contributed by atoms with van der Waals surface area (Å²) in [5, 5.41) is 13.0. The van der Waals surface area contributed by atoms with E-state index in [1.807, 2.05) is 10.3 Å². The Morgan fingerprint density at radius 2 is 1.86 bits per heavy atom. The third-order valence-corrected chi connectivity index (χ3v) is 3.38. The fraction of sp³-hybridized carbons (Fsp3) is 0.188. The molecule has 1 aromatic carbocycles. The molecule has 2 aromatic rings. The average molecular weight is 399 g/mol. The van der Waals surface area contributed by atoms with Crippen molar-refractivity contribution in [3.63, 3.8) is 0 Å². The van der Waals surface area contributed by atoms with E-state index < -0.39 is 51.0 Å². The van der Waals surface area contributed by atoms with Crippen molar-refractivity contribution in [2.45, 2.75) is 13.1 Å². The molecule has 0 bridgehead atoms. The molecule has 0 atom stereocenters. The number of nitro benzene ring substituents is 1. The highest BCUT2D eigenvalue weighted by atomic mass is 19.4. The summed E-state index contributed by atoms with van der Waals surface area (Å²) in [6.07, 6.45) is -4.34. The van der Waals surface area contributed by atoms with E-state index in [-0.39, 0.29) is 12.2 Å². The second-order valence-electron chi connectivity index (χ2n) is 5.33. The molecule has 0 aliphatic heterocycles. The summed E-state index contributed by atoms with van der Waals surface area (Å²) < 4.78 is 43.0. The minimum atomic E-state index is -4.77. The van der Waals surface area contributed by atoms with Gasteiger partial charge in [0.2, 0.25) is 0 Å². The van der Waals surface area contributed by atoms with E-state index in [2.05, 4.69) is 0 Å². The number of ether oxygens (including phenoxy) is 1. The number of carbonyl (C=O) groups excluding carboxylic acids is 2. The molecule has 0 aliphatic carbocycles. The molecule has 0 radical (unpaired) electrons. The molecule has 0 saturated carbocycles. The van der Waals surface area contributed by atoms with Gasteiger partial charge in [-0.15, -0.1) is 0 Å². The Labute approximate surface area is 154 Å². The number of H-pyrrole nitrogens is 1. The number of halogens is 3. The summed E-state index contributed by atoms with van der Waals surface area (Å²) in [6, 6.07) is 3.06. The van der Waals surface area contributed by atoms with Crippen LogP contribution in [-0.4, -0.2) is 28.4 Å². The summed E-state index contributed by atoms with van der Waals surface area (Å²) in [5.41, 5.74) is -4.29. The number of amides is 1. The zero-order chi connectivity index (χ0) is 21.1. The van der Waals surface area contributed by atoms with Gasteiger partial charge in [0.25, 0.3) is 17.2 Å². The molecule has 2 N–H and O–H groups in total. The van der Waals surface area contributed by atoms with Crippen molar-refractivity contribution in [3.05, 3.63) is 67.6 Å². The third-order valence-electron chi connectivity index (χ3n) is 3.38. The van der Waals surface area contributed by atoms with Crippen LogP contribution in [0.1, 0.15) is 33.2 Å². The van der Waals surface area contributed by atoms with Crippen molar-refractivity contribution in [1.82, 2.24) is 4.98 Å². The van der Waals surface area contributed by atoms with Gasteiger partial charge in [-0.1, -0.05) is 0 Å². The van der Waals surface area contributed by atoms with Crippen molar-refractivity contribution in [3.8, 4) is 0 Å². The van der Waals surface area contributed by atoms with E-state index >= 15 is 0 Å². The molecular weight excluding hydrogens is 387 g/mol. The van der Waals surface area contributed by atoms with E-state index in [1.54, 1.807) is 0 Å². The second kappa shape index (κ2) is 7.90. The molecule has 12 heteroatoms. The van der Waals surface area contributed by atoms with Crippen LogP contribution in [0.4, 0.5) is 24.5 Å². The Kier molecular flexibility index (Phi) is 5.81. The van der Waals surface area contributed by atoms with Gasteiger partial charge in [-0.2, -0.15) is 13.2 Å². The van der Waals surface area contributed by atoms with Crippen molar-refractivity contribution in [1.29, 1.82) is 0 Å². The maximum atomic E-state index is 12.8. The van der Waals surface area contributed by atoms with Crippen LogP contribution in [0.2, 0.25) is 0 Å². The van der Waals surface area contributed by atoms with Gasteiger partial charge in [0, 0.05) is 23.9 Å². The number of esters is 1. The summed E-state index contributed by atoms with van der Waals surface area (Å²) in [7, 11) is 0. The van der Waals surface area contributed by atoms with Crippen LogP contribution in [-0.2, 0) is 10.9 Å². The molecule has 28 heavy (non-hydrogen) atoms. The minimum Gasteiger partial charge on any atom is -0.462 e. The predicted molar refractivity (Wildman–Crippen MR) is 89.1 cm³/mol. The highest BCUT2D eigenvalue weighted by molar-refractivity contribution is 6.06. The number of non-ortho nitro benzene ring substituents is 1. The molecule has 2 rings (SSSR count). The second-order valence-corrected chi connectivity index (χ2v) is 5.33. The molecule has 1 heterocycles. The lowest BCUT2D eigenvalue weighted by molar-refractivity contribution is -0.384. The molecular formula is C16H12F3N3O6. The maximum absolute atomic E-state index is 12.8. The van der Waals surface area contributed by atoms with Crippen LogP contribution in [0.25, 0.3) is 0 Å². The van der Waals surface area contributed by atoms with E-state index in [4.69, 9.17) is 4.74 Å². The Balaban J connectivity index is 2.43. The number of hydrogen-bond donors (Lipinski definition) is 2. The van der Waals surface area contributed by atoms with E-state index in [1.165, 1.54) is 6.92 Å². The number of anilines is 1. The number of nitro groups is 1. The van der Waals surface area contributed by atoms with Gasteiger partial charge >= 0.3 is 12.1 Å². The lowest BCUT2D eigenvalue weighted by atomic mass is 10.1. The molecule has 0 fully saturated rings. The molecule has 1 aromatic heterocycles. The number of benzene rings is 1. The first-order valence-electron chi connectivity index (χ1n) is 7.60. The van der Waals surface area contributed by atoms with Gasteiger partial charge < -0.3 is 15.0 Å². The normalized spacial score (nSPS) is 11.0. The standard InChI is InChI=1S/C16H12F3N3O6/c1-2-28-15(25)9-3-8(4-11(5-9)22(26)27)13(23)21-12-6-10(16(17,18)19)7-20-14(12)24/h3-7H,2H2,1H3,(H,20,24)(H,21,23). The van der Waals surface area contributed by atoms with Crippen molar-refractivity contribution in [2.24, 2.45) is 0 Å². The summed E-state index contributed by atoms with van der Waals surface area (Å²) in [5.74, 6) is -2.06. The Morgan fingerprint density at radius 1 is 1.21 bits per heavy atom. The summed E-state index contributed by atoms with van der Waals surface area (Å²) in [6.45, 7) is 1.48. The first kappa shape index (κ1) is 20.6. The Morgan fingerprint density at radius 3 is 2.43 bits per heavy atom. The van der Waals surface area contributed by atoms with Crippen LogP contribution in [0, 0.1) is 10.1 Å². The average Bonchev–Trinajstić information content (AvgIpc) is 2.62. The molecule has 0 spiro atoms. The first-order chi connectivity index (χ1) is 13.0. The largest absolute Gasteiger partial charge is 0.462 e. The lowest BCUT2D eigenvalue weighted by Crippen LogP contribution is -2.22. The van der Waals surface area contributed by atoms with Gasteiger partial charge in [-0.05, 0) is 19.1 Å². The van der Waals surface area contributed by atoms with Crippen LogP contribution in [0.5, 0.6) is 0 Å². The number of nitrogens with one attached hydrogen (secondary N) is 2. The molecule has 148 valence electrons. The van der Waals surface area contributed by atoms with Crippen LogP contribution in [0.15, 0.2) is 35.3 Å². The Bertz CT molecular complexity index is 1000. The number of rotatable bonds is 5. The maximum Gasteiger partial charge on any atom is 0.417 e. The monoisotopic (exact) mass is 399 g/mol. The van der Waals surface area contributed by atoms with Crippen LogP contribution >= 0.6 is 0 Å². The number of pyridine rings is 1. The van der Waals surface area contributed by atoms with Crippen molar-refractivity contribution in [2.75, 3.05) is 11.9 Å². The van der Waals surface area contributed by atoms with Crippen LogP contribution < -0.4 is 10.9 Å². The number of nitrogens with zero attached hydrogens (tertiary/aromatic N) is 1. The van der Waals surface area contributed by atoms with Crippen molar-refractivity contribution < 1.29 is 32.4 Å². The fourth-order valence-electron chi connectivity index (χ4n) is 2.11. The summed E-state index contributed by atoms with van der Waals surface area (Å²) >= 11 is 0. The highest BCUT2D eigenvalue weighted by Gasteiger charge is 2.31. The van der Waals surface area contributed by atoms with Gasteiger partial charge in [0.1, 0.15) is 5.69 Å². The van der Waals surface area contributed by atoms with Gasteiger partial charge in [-0.3, -0.25) is 19.7 Å². The van der Waals surface area contributed by atoms with Gasteiger partial charge in [-0.25, -0.2) is 4.79 Å². The molecule has 0 unspecified atom stereocenters. The highest BCUT2D eigenvalue weighted by Crippen LogP contribution is 2.29. The smallest absolute Gasteiger partial charge is 0.417 e. The number of aromatic nitrogens is 1. The van der Waals surface area contributed by atoms with E-state index in [0.717, 1.165) is 18.2 Å². The number of alkyl halides is 3. The molecule has 1 amide bonds. The molecule has 0 saturated heterocycles.